The Morgan fingerprint density at radius 3 is 2.78 bits per heavy atom. The van der Waals surface area contributed by atoms with Crippen LogP contribution in [0.15, 0.2) is 65.8 Å². The van der Waals surface area contributed by atoms with Crippen LogP contribution in [-0.4, -0.2) is 55.6 Å². The Balaban J connectivity index is 1.26. The molecule has 2 N–H and O–H groups in total. The number of hydrogen-bond donors (Lipinski definition) is 2. The summed E-state index contributed by atoms with van der Waals surface area (Å²) in [6.45, 7) is 2.57. The number of nitrogens with one attached hydrogen (secondary N) is 2. The first-order valence-corrected chi connectivity index (χ1v) is 10.8. The molecule has 168 valence electrons. The van der Waals surface area contributed by atoms with Gasteiger partial charge in [0.05, 0.1) is 24.2 Å². The lowest BCUT2D eigenvalue weighted by Crippen LogP contribution is -2.45. The average molecular weight is 437 g/mol. The number of ether oxygens (including phenoxy) is 1. The maximum atomic E-state index is 13.1. The normalized spacial score (nSPS) is 16.3. The van der Waals surface area contributed by atoms with Crippen molar-refractivity contribution in [3.8, 4) is 11.4 Å². The lowest BCUT2D eigenvalue weighted by molar-refractivity contribution is 0.415. The van der Waals surface area contributed by atoms with E-state index >= 15 is 0 Å². The topological polar surface area (TPSA) is 66.7 Å². The van der Waals surface area contributed by atoms with Gasteiger partial charge in [0.15, 0.2) is 5.96 Å². The second-order valence-corrected chi connectivity index (χ2v) is 7.72. The van der Waals surface area contributed by atoms with Crippen LogP contribution in [0.4, 0.5) is 10.1 Å². The van der Waals surface area contributed by atoms with E-state index < -0.39 is 0 Å². The molecular weight excluding hydrogens is 407 g/mol. The first-order valence-electron chi connectivity index (χ1n) is 10.8. The number of para-hydroxylation sites is 2. The standard InChI is InChI=1S/C24H29FN6O/c1-26-24(28-20-12-15-30(17-20)22-5-3-4-6-23(22)32-2)27-14-11-19-13-16-31(29-19)21-9-7-18(25)8-10-21/h3-10,13,16,20H,11-12,14-15,17H2,1-2H3,(H2,26,27,28). The molecule has 1 atom stereocenters. The largest absolute Gasteiger partial charge is 0.495 e. The molecule has 1 aromatic heterocycles. The first kappa shape index (κ1) is 21.7. The van der Waals surface area contributed by atoms with Crippen molar-refractivity contribution in [3.05, 3.63) is 72.3 Å². The molecule has 1 aliphatic heterocycles. The van der Waals surface area contributed by atoms with Gasteiger partial charge in [-0.25, -0.2) is 9.07 Å². The monoisotopic (exact) mass is 436 g/mol. The molecule has 1 fully saturated rings. The zero-order valence-electron chi connectivity index (χ0n) is 18.5. The highest BCUT2D eigenvalue weighted by atomic mass is 19.1. The molecule has 2 aromatic carbocycles. The Morgan fingerprint density at radius 2 is 2.00 bits per heavy atom. The Morgan fingerprint density at radius 1 is 1.19 bits per heavy atom. The SMILES string of the molecule is CN=C(NCCc1ccn(-c2ccc(F)cc2)n1)NC1CCN(c2ccccc2OC)C1. The van der Waals surface area contributed by atoms with E-state index in [4.69, 9.17) is 4.74 Å². The van der Waals surface area contributed by atoms with Crippen molar-refractivity contribution in [1.82, 2.24) is 20.4 Å². The van der Waals surface area contributed by atoms with Crippen molar-refractivity contribution in [2.75, 3.05) is 38.7 Å². The van der Waals surface area contributed by atoms with Gasteiger partial charge >= 0.3 is 0 Å². The summed E-state index contributed by atoms with van der Waals surface area (Å²) in [6, 6.07) is 16.7. The number of halogens is 1. The molecule has 0 radical (unpaired) electrons. The first-order chi connectivity index (χ1) is 15.7. The van der Waals surface area contributed by atoms with E-state index in [2.05, 4.69) is 31.7 Å². The molecule has 4 rings (SSSR count). The number of aliphatic imine (C=N–C) groups is 1. The Labute approximate surface area is 187 Å². The van der Waals surface area contributed by atoms with Crippen LogP contribution in [0.2, 0.25) is 0 Å². The maximum Gasteiger partial charge on any atom is 0.191 e. The molecule has 1 aliphatic rings. The van der Waals surface area contributed by atoms with Crippen molar-refractivity contribution in [2.45, 2.75) is 18.9 Å². The van der Waals surface area contributed by atoms with Crippen LogP contribution in [0.3, 0.4) is 0 Å². The van der Waals surface area contributed by atoms with Gasteiger partial charge in [0.1, 0.15) is 11.6 Å². The number of hydrogen-bond acceptors (Lipinski definition) is 4. The molecule has 0 amide bonds. The van der Waals surface area contributed by atoms with Gasteiger partial charge in [-0.05, 0) is 48.9 Å². The molecule has 0 bridgehead atoms. The van der Waals surface area contributed by atoms with Crippen LogP contribution < -0.4 is 20.3 Å². The van der Waals surface area contributed by atoms with Gasteiger partial charge in [0, 0.05) is 45.3 Å². The summed E-state index contributed by atoms with van der Waals surface area (Å²) in [6.07, 6.45) is 3.67. The quantitative estimate of drug-likeness (QED) is 0.440. The van der Waals surface area contributed by atoms with Crippen molar-refractivity contribution >= 4 is 11.6 Å². The molecule has 32 heavy (non-hydrogen) atoms. The van der Waals surface area contributed by atoms with Crippen molar-refractivity contribution < 1.29 is 9.13 Å². The van der Waals surface area contributed by atoms with E-state index in [-0.39, 0.29) is 5.82 Å². The Hall–Kier alpha value is -3.55. The summed E-state index contributed by atoms with van der Waals surface area (Å²) in [4.78, 5) is 6.70. The van der Waals surface area contributed by atoms with Crippen LogP contribution in [0.25, 0.3) is 5.69 Å². The molecule has 1 unspecified atom stereocenters. The van der Waals surface area contributed by atoms with Gasteiger partial charge in [-0.2, -0.15) is 5.10 Å². The highest BCUT2D eigenvalue weighted by Gasteiger charge is 2.25. The van der Waals surface area contributed by atoms with E-state index in [1.807, 2.05) is 30.5 Å². The minimum absolute atomic E-state index is 0.252. The molecule has 0 spiro atoms. The summed E-state index contributed by atoms with van der Waals surface area (Å²) in [5.41, 5.74) is 2.92. The van der Waals surface area contributed by atoms with E-state index in [0.717, 1.165) is 54.7 Å². The number of guanidine groups is 1. The van der Waals surface area contributed by atoms with Crippen LogP contribution >= 0.6 is 0 Å². The number of anilines is 1. The predicted octanol–water partition coefficient (Wildman–Crippen LogP) is 3.01. The second kappa shape index (κ2) is 10.2. The number of benzene rings is 2. The molecule has 2 heterocycles. The summed E-state index contributed by atoms with van der Waals surface area (Å²) in [5.74, 6) is 1.43. The summed E-state index contributed by atoms with van der Waals surface area (Å²) in [5, 5.41) is 11.5. The molecular formula is C24H29FN6O. The number of rotatable bonds is 7. The van der Waals surface area contributed by atoms with Gasteiger partial charge in [0.2, 0.25) is 0 Å². The summed E-state index contributed by atoms with van der Waals surface area (Å²) in [7, 11) is 3.49. The van der Waals surface area contributed by atoms with Gasteiger partial charge in [-0.1, -0.05) is 12.1 Å². The minimum atomic E-state index is -0.252. The molecule has 8 heteroatoms. The van der Waals surface area contributed by atoms with Crippen LogP contribution in [0.5, 0.6) is 5.75 Å². The second-order valence-electron chi connectivity index (χ2n) is 7.72. The summed E-state index contributed by atoms with van der Waals surface area (Å²) >= 11 is 0. The summed E-state index contributed by atoms with van der Waals surface area (Å²) < 4.78 is 20.4. The Kier molecular flexibility index (Phi) is 6.89. The fraction of sp³-hybridized carbons (Fsp3) is 0.333. The predicted molar refractivity (Wildman–Crippen MR) is 125 cm³/mol. The van der Waals surface area contributed by atoms with Gasteiger partial charge in [0.25, 0.3) is 0 Å². The highest BCUT2D eigenvalue weighted by molar-refractivity contribution is 5.80. The zero-order chi connectivity index (χ0) is 22.3. The van der Waals surface area contributed by atoms with Crippen molar-refractivity contribution in [2.24, 2.45) is 4.99 Å². The van der Waals surface area contributed by atoms with Crippen LogP contribution in [0.1, 0.15) is 12.1 Å². The molecule has 7 nitrogen and oxygen atoms in total. The molecule has 0 aliphatic carbocycles. The van der Waals surface area contributed by atoms with E-state index in [9.17, 15) is 4.39 Å². The third kappa shape index (κ3) is 5.19. The third-order valence-electron chi connectivity index (χ3n) is 5.59. The van der Waals surface area contributed by atoms with Gasteiger partial charge in [-0.15, -0.1) is 0 Å². The fourth-order valence-corrected chi connectivity index (χ4v) is 3.92. The fourth-order valence-electron chi connectivity index (χ4n) is 3.92. The number of methoxy groups -OCH3 is 1. The maximum absolute atomic E-state index is 13.1. The Bertz CT molecular complexity index is 1050. The lowest BCUT2D eigenvalue weighted by atomic mass is 10.2. The highest BCUT2D eigenvalue weighted by Crippen LogP contribution is 2.30. The minimum Gasteiger partial charge on any atom is -0.495 e. The van der Waals surface area contributed by atoms with E-state index in [1.165, 1.54) is 12.1 Å². The lowest BCUT2D eigenvalue weighted by Gasteiger charge is -2.22. The number of nitrogens with zero attached hydrogens (tertiary/aromatic N) is 4. The number of aromatic nitrogens is 2. The molecule has 1 saturated heterocycles. The smallest absolute Gasteiger partial charge is 0.191 e. The van der Waals surface area contributed by atoms with Crippen LogP contribution in [0, 0.1) is 5.82 Å². The van der Waals surface area contributed by atoms with Crippen molar-refractivity contribution in [3.63, 3.8) is 0 Å². The van der Waals surface area contributed by atoms with Crippen molar-refractivity contribution in [1.29, 1.82) is 0 Å². The molecule has 0 saturated carbocycles. The zero-order valence-corrected chi connectivity index (χ0v) is 18.5. The molecule has 3 aromatic rings. The van der Waals surface area contributed by atoms with E-state index in [1.54, 1.807) is 31.0 Å². The average Bonchev–Trinajstić information content (AvgIpc) is 3.49. The third-order valence-corrected chi connectivity index (χ3v) is 5.59. The van der Waals surface area contributed by atoms with Gasteiger partial charge in [-0.3, -0.25) is 4.99 Å². The van der Waals surface area contributed by atoms with E-state index in [0.29, 0.717) is 12.6 Å². The van der Waals surface area contributed by atoms with Crippen LogP contribution in [-0.2, 0) is 6.42 Å². The van der Waals surface area contributed by atoms with Gasteiger partial charge < -0.3 is 20.3 Å².